The first kappa shape index (κ1) is 17.4. The topological polar surface area (TPSA) is 88.5 Å². The standard InChI is InChI=1S/C19H20N6O/c1-14-17(15(2)25(22-14)16-6-4-3-5-7-16)8-9-19(26)21-18-10-12-24(23-18)13-11-20/h3-7,10,12H,8-9,13H2,1-2H3,(H,21,23,26). The average molecular weight is 348 g/mol. The fourth-order valence-corrected chi connectivity index (χ4v) is 2.89. The van der Waals surface area contributed by atoms with Crippen LogP contribution in [0.25, 0.3) is 5.69 Å². The molecule has 0 unspecified atom stereocenters. The molecule has 0 atom stereocenters. The molecule has 7 nitrogen and oxygen atoms in total. The van der Waals surface area contributed by atoms with Crippen molar-refractivity contribution in [2.24, 2.45) is 0 Å². The van der Waals surface area contributed by atoms with Gasteiger partial charge in [0.25, 0.3) is 0 Å². The summed E-state index contributed by atoms with van der Waals surface area (Å²) in [5, 5.41) is 20.1. The Morgan fingerprint density at radius 2 is 1.96 bits per heavy atom. The van der Waals surface area contributed by atoms with Crippen LogP contribution in [0.3, 0.4) is 0 Å². The zero-order valence-electron chi connectivity index (χ0n) is 14.8. The van der Waals surface area contributed by atoms with Gasteiger partial charge >= 0.3 is 0 Å². The van der Waals surface area contributed by atoms with Gasteiger partial charge in [-0.25, -0.2) is 4.68 Å². The minimum atomic E-state index is -0.113. The van der Waals surface area contributed by atoms with Crippen molar-refractivity contribution >= 4 is 11.7 Å². The van der Waals surface area contributed by atoms with Gasteiger partial charge in [-0.15, -0.1) is 0 Å². The molecule has 1 amide bonds. The van der Waals surface area contributed by atoms with Gasteiger partial charge in [0.1, 0.15) is 6.54 Å². The number of nitriles is 1. The molecule has 1 aromatic carbocycles. The number of rotatable bonds is 6. The first-order valence-electron chi connectivity index (χ1n) is 8.39. The quantitative estimate of drug-likeness (QED) is 0.742. The maximum Gasteiger partial charge on any atom is 0.225 e. The van der Waals surface area contributed by atoms with E-state index in [-0.39, 0.29) is 12.5 Å². The fourth-order valence-electron chi connectivity index (χ4n) is 2.89. The molecule has 0 aliphatic rings. The number of aryl methyl sites for hydroxylation is 1. The Bertz CT molecular complexity index is 948. The Hall–Kier alpha value is -3.40. The number of aromatic nitrogens is 4. The highest BCUT2D eigenvalue weighted by atomic mass is 16.1. The molecule has 0 spiro atoms. The number of hydrogen-bond acceptors (Lipinski definition) is 4. The largest absolute Gasteiger partial charge is 0.309 e. The molecular weight excluding hydrogens is 328 g/mol. The summed E-state index contributed by atoms with van der Waals surface area (Å²) in [6, 6.07) is 13.6. The minimum Gasteiger partial charge on any atom is -0.309 e. The summed E-state index contributed by atoms with van der Waals surface area (Å²) in [7, 11) is 0. The number of amides is 1. The Morgan fingerprint density at radius 1 is 1.19 bits per heavy atom. The van der Waals surface area contributed by atoms with Crippen LogP contribution in [-0.2, 0) is 17.8 Å². The van der Waals surface area contributed by atoms with Crippen molar-refractivity contribution in [3.05, 3.63) is 59.5 Å². The summed E-state index contributed by atoms with van der Waals surface area (Å²) >= 11 is 0. The van der Waals surface area contributed by atoms with Crippen molar-refractivity contribution in [3.63, 3.8) is 0 Å². The van der Waals surface area contributed by atoms with Crippen LogP contribution in [0.15, 0.2) is 42.6 Å². The smallest absolute Gasteiger partial charge is 0.225 e. The van der Waals surface area contributed by atoms with Gasteiger partial charge in [-0.3, -0.25) is 9.48 Å². The zero-order valence-corrected chi connectivity index (χ0v) is 14.8. The highest BCUT2D eigenvalue weighted by Gasteiger charge is 2.14. The summed E-state index contributed by atoms with van der Waals surface area (Å²) < 4.78 is 3.39. The molecule has 0 fully saturated rings. The zero-order chi connectivity index (χ0) is 18.5. The predicted octanol–water partition coefficient (Wildman–Crippen LogP) is 2.78. The Balaban J connectivity index is 1.65. The molecule has 0 saturated carbocycles. The van der Waals surface area contributed by atoms with E-state index in [9.17, 15) is 4.79 Å². The first-order valence-corrected chi connectivity index (χ1v) is 8.39. The Labute approximate surface area is 151 Å². The van der Waals surface area contributed by atoms with Crippen molar-refractivity contribution < 1.29 is 4.79 Å². The van der Waals surface area contributed by atoms with Crippen molar-refractivity contribution in [2.75, 3.05) is 5.32 Å². The first-order chi connectivity index (χ1) is 12.6. The lowest BCUT2D eigenvalue weighted by atomic mass is 10.1. The van der Waals surface area contributed by atoms with E-state index in [0.717, 1.165) is 22.6 Å². The van der Waals surface area contributed by atoms with Gasteiger partial charge in [0.15, 0.2) is 5.82 Å². The molecule has 2 aromatic heterocycles. The van der Waals surface area contributed by atoms with Crippen LogP contribution in [0.4, 0.5) is 5.82 Å². The van der Waals surface area contributed by atoms with E-state index in [1.54, 1.807) is 12.3 Å². The molecular formula is C19H20N6O. The van der Waals surface area contributed by atoms with E-state index >= 15 is 0 Å². The molecule has 3 rings (SSSR count). The van der Waals surface area contributed by atoms with Crippen LogP contribution in [0, 0.1) is 25.2 Å². The maximum absolute atomic E-state index is 12.2. The molecule has 2 heterocycles. The van der Waals surface area contributed by atoms with E-state index < -0.39 is 0 Å². The van der Waals surface area contributed by atoms with Crippen molar-refractivity contribution in [1.29, 1.82) is 5.26 Å². The van der Waals surface area contributed by atoms with E-state index in [4.69, 9.17) is 5.26 Å². The summed E-state index contributed by atoms with van der Waals surface area (Å²) in [6.07, 6.45) is 2.61. The Kier molecular flexibility index (Phi) is 5.13. The average Bonchev–Trinajstić information content (AvgIpc) is 3.18. The summed E-state index contributed by atoms with van der Waals surface area (Å²) in [5.41, 5.74) is 4.06. The lowest BCUT2D eigenvalue weighted by Crippen LogP contribution is -2.13. The number of hydrogen-bond donors (Lipinski definition) is 1. The van der Waals surface area contributed by atoms with E-state index in [1.807, 2.05) is 54.9 Å². The molecule has 132 valence electrons. The highest BCUT2D eigenvalue weighted by molar-refractivity contribution is 5.89. The van der Waals surface area contributed by atoms with Crippen LogP contribution >= 0.6 is 0 Å². The van der Waals surface area contributed by atoms with E-state index in [0.29, 0.717) is 18.7 Å². The number of carbonyl (C=O) groups is 1. The van der Waals surface area contributed by atoms with Gasteiger partial charge in [0.05, 0.1) is 17.5 Å². The summed E-state index contributed by atoms with van der Waals surface area (Å²) in [5.74, 6) is 0.345. The number of anilines is 1. The van der Waals surface area contributed by atoms with Crippen LogP contribution in [0.1, 0.15) is 23.4 Å². The van der Waals surface area contributed by atoms with Crippen molar-refractivity contribution in [3.8, 4) is 11.8 Å². The second-order valence-electron chi connectivity index (χ2n) is 6.00. The van der Waals surface area contributed by atoms with E-state index in [2.05, 4.69) is 15.5 Å². The number of nitrogens with one attached hydrogen (secondary N) is 1. The van der Waals surface area contributed by atoms with E-state index in [1.165, 1.54) is 4.68 Å². The second-order valence-corrected chi connectivity index (χ2v) is 6.00. The summed E-state index contributed by atoms with van der Waals surface area (Å²) in [6.45, 7) is 4.14. The molecule has 26 heavy (non-hydrogen) atoms. The molecule has 0 aliphatic carbocycles. The molecule has 0 saturated heterocycles. The molecule has 0 bridgehead atoms. The molecule has 7 heteroatoms. The van der Waals surface area contributed by atoms with Gasteiger partial charge in [-0.1, -0.05) is 18.2 Å². The highest BCUT2D eigenvalue weighted by Crippen LogP contribution is 2.19. The van der Waals surface area contributed by atoms with Crippen LogP contribution in [0.5, 0.6) is 0 Å². The third-order valence-electron chi connectivity index (χ3n) is 4.18. The van der Waals surface area contributed by atoms with Gasteiger partial charge in [-0.2, -0.15) is 15.5 Å². The minimum absolute atomic E-state index is 0.113. The Morgan fingerprint density at radius 3 is 2.69 bits per heavy atom. The van der Waals surface area contributed by atoms with Crippen molar-refractivity contribution in [2.45, 2.75) is 33.2 Å². The monoisotopic (exact) mass is 348 g/mol. The number of carbonyl (C=O) groups excluding carboxylic acids is 1. The summed E-state index contributed by atoms with van der Waals surface area (Å²) in [4.78, 5) is 12.2. The SMILES string of the molecule is Cc1nn(-c2ccccc2)c(C)c1CCC(=O)Nc1ccn(CC#N)n1. The predicted molar refractivity (Wildman–Crippen MR) is 97.8 cm³/mol. The molecule has 3 aromatic rings. The fraction of sp³-hybridized carbons (Fsp3) is 0.263. The molecule has 1 N–H and O–H groups in total. The second kappa shape index (κ2) is 7.66. The number of nitrogens with zero attached hydrogens (tertiary/aromatic N) is 5. The van der Waals surface area contributed by atoms with Crippen LogP contribution in [0.2, 0.25) is 0 Å². The van der Waals surface area contributed by atoms with Gasteiger partial charge in [0.2, 0.25) is 5.91 Å². The molecule has 0 radical (unpaired) electrons. The van der Waals surface area contributed by atoms with Gasteiger partial charge < -0.3 is 5.32 Å². The normalized spacial score (nSPS) is 10.5. The third-order valence-corrected chi connectivity index (χ3v) is 4.18. The lowest BCUT2D eigenvalue weighted by molar-refractivity contribution is -0.116. The van der Waals surface area contributed by atoms with Gasteiger partial charge in [0, 0.05) is 24.4 Å². The van der Waals surface area contributed by atoms with Crippen molar-refractivity contribution in [1.82, 2.24) is 19.6 Å². The molecule has 0 aliphatic heterocycles. The number of para-hydroxylation sites is 1. The van der Waals surface area contributed by atoms with Gasteiger partial charge in [-0.05, 0) is 38.0 Å². The van der Waals surface area contributed by atoms with Crippen LogP contribution < -0.4 is 5.32 Å². The number of benzene rings is 1. The maximum atomic E-state index is 12.2. The lowest BCUT2D eigenvalue weighted by Gasteiger charge is -2.05. The third kappa shape index (κ3) is 3.81. The van der Waals surface area contributed by atoms with Crippen LogP contribution in [-0.4, -0.2) is 25.5 Å².